The van der Waals surface area contributed by atoms with Gasteiger partial charge in [-0.1, -0.05) is 76.5 Å². The van der Waals surface area contributed by atoms with Gasteiger partial charge in [0.05, 0.1) is 0 Å². The molecule has 0 aromatic heterocycles. The second kappa shape index (κ2) is 13.5. The van der Waals surface area contributed by atoms with Crippen LogP contribution in [0.5, 0.6) is 0 Å². The highest BCUT2D eigenvalue weighted by atomic mass is 16.2. The molecule has 0 saturated heterocycles. The van der Waals surface area contributed by atoms with Gasteiger partial charge in [0.2, 0.25) is 5.91 Å². The molecule has 2 N–H and O–H groups in total. The van der Waals surface area contributed by atoms with Crippen molar-refractivity contribution in [3.05, 3.63) is 60.2 Å². The van der Waals surface area contributed by atoms with Gasteiger partial charge in [0.25, 0.3) is 5.91 Å². The number of amides is 2. The topological polar surface area (TPSA) is 58.2 Å². The first-order valence-electron chi connectivity index (χ1n) is 11.0. The second-order valence-corrected chi connectivity index (χ2v) is 7.52. The number of anilines is 2. The van der Waals surface area contributed by atoms with E-state index in [2.05, 4.69) is 17.6 Å². The predicted molar refractivity (Wildman–Crippen MR) is 121 cm³/mol. The Bertz CT molecular complexity index is 726. The molecule has 0 spiro atoms. The zero-order valence-corrected chi connectivity index (χ0v) is 17.6. The molecule has 0 unspecified atom stereocenters. The van der Waals surface area contributed by atoms with Gasteiger partial charge in [-0.15, -0.1) is 0 Å². The summed E-state index contributed by atoms with van der Waals surface area (Å²) in [7, 11) is 0. The highest BCUT2D eigenvalue weighted by Gasteiger charge is 2.06. The van der Waals surface area contributed by atoms with Crippen LogP contribution in [0.1, 0.15) is 81.5 Å². The average Bonchev–Trinajstić information content (AvgIpc) is 2.74. The van der Waals surface area contributed by atoms with Gasteiger partial charge < -0.3 is 10.6 Å². The van der Waals surface area contributed by atoms with Crippen LogP contribution in [-0.2, 0) is 4.79 Å². The summed E-state index contributed by atoms with van der Waals surface area (Å²) in [4.78, 5) is 24.2. The maximum Gasteiger partial charge on any atom is 0.255 e. The standard InChI is InChI=1S/C25H34N2O2/c1-2-3-4-5-6-7-8-9-13-16-24(28)26-22-17-19-23(20-18-22)27-25(29)21-14-11-10-12-15-21/h10-12,14-15,17-20H,2-9,13,16H2,1H3,(H,26,28)(H,27,29). The van der Waals surface area contributed by atoms with Crippen molar-refractivity contribution in [2.75, 3.05) is 10.6 Å². The van der Waals surface area contributed by atoms with Crippen LogP contribution in [0.3, 0.4) is 0 Å². The molecule has 156 valence electrons. The zero-order chi connectivity index (χ0) is 20.7. The highest BCUT2D eigenvalue weighted by Crippen LogP contribution is 2.16. The molecule has 0 heterocycles. The van der Waals surface area contributed by atoms with E-state index in [0.717, 1.165) is 18.5 Å². The van der Waals surface area contributed by atoms with E-state index in [4.69, 9.17) is 0 Å². The third kappa shape index (κ3) is 9.42. The molecule has 0 aliphatic heterocycles. The summed E-state index contributed by atoms with van der Waals surface area (Å²) in [6, 6.07) is 16.3. The molecule has 29 heavy (non-hydrogen) atoms. The van der Waals surface area contributed by atoms with Crippen LogP contribution >= 0.6 is 0 Å². The lowest BCUT2D eigenvalue weighted by Crippen LogP contribution is -2.12. The maximum atomic E-state index is 12.2. The van der Waals surface area contributed by atoms with E-state index in [-0.39, 0.29) is 11.8 Å². The van der Waals surface area contributed by atoms with Gasteiger partial charge in [0.1, 0.15) is 0 Å². The lowest BCUT2D eigenvalue weighted by molar-refractivity contribution is -0.116. The smallest absolute Gasteiger partial charge is 0.255 e. The Labute approximate surface area is 175 Å². The normalized spacial score (nSPS) is 10.5. The molecule has 4 heteroatoms. The minimum atomic E-state index is -0.146. The lowest BCUT2D eigenvalue weighted by Gasteiger charge is -2.08. The fraction of sp³-hybridized carbons (Fsp3) is 0.440. The minimum Gasteiger partial charge on any atom is -0.326 e. The second-order valence-electron chi connectivity index (χ2n) is 7.52. The lowest BCUT2D eigenvalue weighted by atomic mass is 10.1. The number of nitrogens with one attached hydrogen (secondary N) is 2. The third-order valence-corrected chi connectivity index (χ3v) is 4.97. The fourth-order valence-corrected chi connectivity index (χ4v) is 3.25. The van der Waals surface area contributed by atoms with Crippen LogP contribution in [-0.4, -0.2) is 11.8 Å². The molecular formula is C25H34N2O2. The van der Waals surface area contributed by atoms with Crippen LogP contribution in [0, 0.1) is 0 Å². The first-order chi connectivity index (χ1) is 14.2. The summed E-state index contributed by atoms with van der Waals surface area (Å²) in [5, 5.41) is 5.78. The molecule has 2 amide bonds. The Hall–Kier alpha value is -2.62. The van der Waals surface area contributed by atoms with E-state index >= 15 is 0 Å². The van der Waals surface area contributed by atoms with Crippen molar-refractivity contribution >= 4 is 23.2 Å². The van der Waals surface area contributed by atoms with E-state index in [1.54, 1.807) is 24.3 Å². The fourth-order valence-electron chi connectivity index (χ4n) is 3.25. The van der Waals surface area contributed by atoms with Crippen LogP contribution in [0.15, 0.2) is 54.6 Å². The predicted octanol–water partition coefficient (Wildman–Crippen LogP) is 6.80. The Morgan fingerprint density at radius 1 is 0.655 bits per heavy atom. The van der Waals surface area contributed by atoms with Gasteiger partial charge >= 0.3 is 0 Å². The summed E-state index contributed by atoms with van der Waals surface area (Å²) in [6.45, 7) is 2.24. The number of carbonyl (C=O) groups excluding carboxylic acids is 2. The van der Waals surface area contributed by atoms with Crippen LogP contribution < -0.4 is 10.6 Å². The summed E-state index contributed by atoms with van der Waals surface area (Å²) < 4.78 is 0. The summed E-state index contributed by atoms with van der Waals surface area (Å²) in [6.07, 6.45) is 11.8. The van der Waals surface area contributed by atoms with E-state index in [0.29, 0.717) is 17.7 Å². The number of rotatable bonds is 13. The average molecular weight is 395 g/mol. The molecule has 2 rings (SSSR count). The first kappa shape index (κ1) is 22.7. The largest absolute Gasteiger partial charge is 0.326 e. The van der Waals surface area contributed by atoms with Crippen molar-refractivity contribution in [3.8, 4) is 0 Å². The molecular weight excluding hydrogens is 360 g/mol. The van der Waals surface area contributed by atoms with Gasteiger partial charge in [-0.2, -0.15) is 0 Å². The van der Waals surface area contributed by atoms with E-state index < -0.39 is 0 Å². The van der Waals surface area contributed by atoms with Crippen molar-refractivity contribution in [2.24, 2.45) is 0 Å². The molecule has 0 saturated carbocycles. The molecule has 2 aromatic carbocycles. The molecule has 0 atom stereocenters. The van der Waals surface area contributed by atoms with E-state index in [1.165, 1.54) is 44.9 Å². The van der Waals surface area contributed by atoms with E-state index in [1.807, 2.05) is 30.3 Å². The molecule has 2 aromatic rings. The SMILES string of the molecule is CCCCCCCCCCCC(=O)Nc1ccc(NC(=O)c2ccccc2)cc1. The molecule has 0 aliphatic rings. The van der Waals surface area contributed by atoms with Gasteiger partial charge in [0, 0.05) is 23.4 Å². The number of unbranched alkanes of at least 4 members (excludes halogenated alkanes) is 8. The van der Waals surface area contributed by atoms with Crippen LogP contribution in [0.2, 0.25) is 0 Å². The van der Waals surface area contributed by atoms with Gasteiger partial charge in [0.15, 0.2) is 0 Å². The van der Waals surface area contributed by atoms with Crippen molar-refractivity contribution in [1.82, 2.24) is 0 Å². The van der Waals surface area contributed by atoms with Gasteiger partial charge in [-0.3, -0.25) is 9.59 Å². The summed E-state index contributed by atoms with van der Waals surface area (Å²) >= 11 is 0. The number of hydrogen-bond donors (Lipinski definition) is 2. The number of hydrogen-bond acceptors (Lipinski definition) is 2. The van der Waals surface area contributed by atoms with Crippen molar-refractivity contribution < 1.29 is 9.59 Å². The number of carbonyl (C=O) groups is 2. The molecule has 0 fully saturated rings. The molecule has 0 bridgehead atoms. The van der Waals surface area contributed by atoms with Crippen molar-refractivity contribution in [2.45, 2.75) is 71.1 Å². The Morgan fingerprint density at radius 3 is 1.76 bits per heavy atom. The van der Waals surface area contributed by atoms with Crippen molar-refractivity contribution in [1.29, 1.82) is 0 Å². The zero-order valence-electron chi connectivity index (χ0n) is 17.6. The highest BCUT2D eigenvalue weighted by molar-refractivity contribution is 6.04. The molecule has 4 nitrogen and oxygen atoms in total. The maximum absolute atomic E-state index is 12.2. The first-order valence-corrected chi connectivity index (χ1v) is 11.0. The number of benzene rings is 2. The molecule has 0 radical (unpaired) electrons. The quantitative estimate of drug-likeness (QED) is 0.367. The molecule has 0 aliphatic carbocycles. The summed E-state index contributed by atoms with van der Waals surface area (Å²) in [5.41, 5.74) is 2.07. The third-order valence-electron chi connectivity index (χ3n) is 4.97. The monoisotopic (exact) mass is 394 g/mol. The van der Waals surface area contributed by atoms with Crippen LogP contribution in [0.25, 0.3) is 0 Å². The Morgan fingerprint density at radius 2 is 1.17 bits per heavy atom. The van der Waals surface area contributed by atoms with Crippen molar-refractivity contribution in [3.63, 3.8) is 0 Å². The van der Waals surface area contributed by atoms with Gasteiger partial charge in [-0.05, 0) is 42.8 Å². The summed E-state index contributed by atoms with van der Waals surface area (Å²) in [5.74, 6) is -0.0956. The van der Waals surface area contributed by atoms with Gasteiger partial charge in [-0.25, -0.2) is 0 Å². The minimum absolute atomic E-state index is 0.0500. The van der Waals surface area contributed by atoms with Crippen LogP contribution in [0.4, 0.5) is 11.4 Å². The Kier molecular flexibility index (Phi) is 10.6. The Balaban J connectivity index is 1.61. The van der Waals surface area contributed by atoms with E-state index in [9.17, 15) is 9.59 Å².